The van der Waals surface area contributed by atoms with Crippen molar-refractivity contribution in [2.24, 2.45) is 5.41 Å². The van der Waals surface area contributed by atoms with Gasteiger partial charge in [0.25, 0.3) is 0 Å². The Kier molecular flexibility index (Phi) is 1.80. The standard InChI is InChI=1S/C8H17N/c1-8(2)5-4-7(6-8)9-3/h7,9H,4-6H2,1-3H3/t7-/m0/s1. The second-order valence-corrected chi connectivity index (χ2v) is 3.89. The predicted octanol–water partition coefficient (Wildman–Crippen LogP) is 1.78. The van der Waals surface area contributed by atoms with Crippen molar-refractivity contribution >= 4 is 0 Å². The van der Waals surface area contributed by atoms with Crippen LogP contribution in [0.5, 0.6) is 0 Å². The molecule has 0 spiro atoms. The molecular weight excluding hydrogens is 110 g/mol. The highest BCUT2D eigenvalue weighted by molar-refractivity contribution is 4.85. The van der Waals surface area contributed by atoms with E-state index in [-0.39, 0.29) is 0 Å². The molecule has 1 N–H and O–H groups in total. The summed E-state index contributed by atoms with van der Waals surface area (Å²) in [6, 6.07) is 0.792. The van der Waals surface area contributed by atoms with Crippen LogP contribution in [0.15, 0.2) is 0 Å². The molecule has 54 valence electrons. The number of rotatable bonds is 1. The lowest BCUT2D eigenvalue weighted by Crippen LogP contribution is -2.22. The zero-order valence-corrected chi connectivity index (χ0v) is 6.70. The van der Waals surface area contributed by atoms with E-state index in [1.807, 2.05) is 0 Å². The van der Waals surface area contributed by atoms with Gasteiger partial charge in [-0.1, -0.05) is 13.8 Å². The molecule has 0 amide bonds. The van der Waals surface area contributed by atoms with Gasteiger partial charge in [-0.15, -0.1) is 0 Å². The highest BCUT2D eigenvalue weighted by Gasteiger charge is 2.29. The maximum absolute atomic E-state index is 3.32. The first-order valence-corrected chi connectivity index (χ1v) is 3.81. The van der Waals surface area contributed by atoms with Gasteiger partial charge in [0.15, 0.2) is 0 Å². The Morgan fingerprint density at radius 2 is 2.11 bits per heavy atom. The molecule has 0 saturated heterocycles. The van der Waals surface area contributed by atoms with Gasteiger partial charge in [0, 0.05) is 6.04 Å². The first-order chi connectivity index (χ1) is 4.14. The van der Waals surface area contributed by atoms with Gasteiger partial charge in [-0.05, 0) is 31.7 Å². The molecular formula is C8H17N. The number of nitrogens with one attached hydrogen (secondary N) is 1. The Labute approximate surface area is 57.8 Å². The molecule has 0 aliphatic heterocycles. The fraction of sp³-hybridized carbons (Fsp3) is 1.00. The summed E-state index contributed by atoms with van der Waals surface area (Å²) in [7, 11) is 2.06. The Bertz CT molecular complexity index is 96.7. The van der Waals surface area contributed by atoms with E-state index in [0.717, 1.165) is 6.04 Å². The molecule has 0 heterocycles. The van der Waals surface area contributed by atoms with Crippen molar-refractivity contribution in [2.45, 2.75) is 39.2 Å². The quantitative estimate of drug-likeness (QED) is 0.566. The maximum atomic E-state index is 3.32. The molecule has 0 aromatic rings. The van der Waals surface area contributed by atoms with Gasteiger partial charge < -0.3 is 5.32 Å². The molecule has 1 saturated carbocycles. The molecule has 1 atom stereocenters. The van der Waals surface area contributed by atoms with Crippen LogP contribution in [0, 0.1) is 5.41 Å². The largest absolute Gasteiger partial charge is 0.317 e. The maximum Gasteiger partial charge on any atom is 0.00693 e. The normalized spacial score (nSPS) is 33.0. The zero-order chi connectivity index (χ0) is 6.91. The van der Waals surface area contributed by atoms with Crippen molar-refractivity contribution < 1.29 is 0 Å². The van der Waals surface area contributed by atoms with Crippen LogP contribution in [0.3, 0.4) is 0 Å². The molecule has 1 aliphatic carbocycles. The predicted molar refractivity (Wildman–Crippen MR) is 40.5 cm³/mol. The summed E-state index contributed by atoms with van der Waals surface area (Å²) in [5, 5.41) is 3.32. The Morgan fingerprint density at radius 3 is 2.33 bits per heavy atom. The van der Waals surface area contributed by atoms with E-state index in [0.29, 0.717) is 5.41 Å². The molecule has 0 unspecified atom stereocenters. The molecule has 0 aromatic heterocycles. The van der Waals surface area contributed by atoms with Gasteiger partial charge >= 0.3 is 0 Å². The SMILES string of the molecule is CN[C@H]1CCC(C)(C)C1. The van der Waals surface area contributed by atoms with E-state index in [1.165, 1.54) is 19.3 Å². The number of hydrogen-bond acceptors (Lipinski definition) is 1. The lowest BCUT2D eigenvalue weighted by Gasteiger charge is -2.16. The summed E-state index contributed by atoms with van der Waals surface area (Å²) in [6.45, 7) is 4.70. The monoisotopic (exact) mass is 127 g/mol. The van der Waals surface area contributed by atoms with Crippen LogP contribution < -0.4 is 5.32 Å². The molecule has 1 nitrogen and oxygen atoms in total. The van der Waals surface area contributed by atoms with Gasteiger partial charge in [-0.3, -0.25) is 0 Å². The van der Waals surface area contributed by atoms with Crippen molar-refractivity contribution in [3.63, 3.8) is 0 Å². The molecule has 9 heavy (non-hydrogen) atoms. The minimum absolute atomic E-state index is 0.605. The van der Waals surface area contributed by atoms with Gasteiger partial charge in [-0.25, -0.2) is 0 Å². The van der Waals surface area contributed by atoms with Crippen LogP contribution in [-0.4, -0.2) is 13.1 Å². The second-order valence-electron chi connectivity index (χ2n) is 3.89. The Balaban J connectivity index is 2.38. The van der Waals surface area contributed by atoms with Crippen LogP contribution >= 0.6 is 0 Å². The van der Waals surface area contributed by atoms with E-state index in [1.54, 1.807) is 0 Å². The van der Waals surface area contributed by atoms with Gasteiger partial charge in [0.2, 0.25) is 0 Å². The molecule has 0 radical (unpaired) electrons. The van der Waals surface area contributed by atoms with E-state index in [4.69, 9.17) is 0 Å². The Hall–Kier alpha value is -0.0400. The molecule has 0 aromatic carbocycles. The fourth-order valence-corrected chi connectivity index (χ4v) is 1.68. The molecule has 1 fully saturated rings. The summed E-state index contributed by atoms with van der Waals surface area (Å²) in [6.07, 6.45) is 4.10. The smallest absolute Gasteiger partial charge is 0.00693 e. The van der Waals surface area contributed by atoms with E-state index < -0.39 is 0 Å². The fourth-order valence-electron chi connectivity index (χ4n) is 1.68. The van der Waals surface area contributed by atoms with Crippen molar-refractivity contribution in [3.8, 4) is 0 Å². The topological polar surface area (TPSA) is 12.0 Å². The summed E-state index contributed by atoms with van der Waals surface area (Å²) < 4.78 is 0. The Morgan fingerprint density at radius 1 is 1.44 bits per heavy atom. The third-order valence-electron chi connectivity index (χ3n) is 2.38. The van der Waals surface area contributed by atoms with Crippen LogP contribution in [0.2, 0.25) is 0 Å². The minimum Gasteiger partial charge on any atom is -0.317 e. The van der Waals surface area contributed by atoms with Crippen LogP contribution in [0.1, 0.15) is 33.1 Å². The van der Waals surface area contributed by atoms with Gasteiger partial charge in [0.05, 0.1) is 0 Å². The van der Waals surface area contributed by atoms with Crippen molar-refractivity contribution in [3.05, 3.63) is 0 Å². The van der Waals surface area contributed by atoms with Crippen molar-refractivity contribution in [1.82, 2.24) is 5.32 Å². The average Bonchev–Trinajstić information content (AvgIpc) is 2.10. The molecule has 1 rings (SSSR count). The van der Waals surface area contributed by atoms with Crippen LogP contribution in [0.25, 0.3) is 0 Å². The van der Waals surface area contributed by atoms with Gasteiger partial charge in [-0.2, -0.15) is 0 Å². The highest BCUT2D eigenvalue weighted by Crippen LogP contribution is 2.36. The lowest BCUT2D eigenvalue weighted by atomic mass is 9.92. The summed E-state index contributed by atoms with van der Waals surface area (Å²) >= 11 is 0. The average molecular weight is 127 g/mol. The molecule has 1 aliphatic rings. The number of hydrogen-bond donors (Lipinski definition) is 1. The highest BCUT2D eigenvalue weighted by atomic mass is 14.9. The van der Waals surface area contributed by atoms with Gasteiger partial charge in [0.1, 0.15) is 0 Å². The van der Waals surface area contributed by atoms with Crippen molar-refractivity contribution in [2.75, 3.05) is 7.05 Å². The second kappa shape index (κ2) is 2.30. The van der Waals surface area contributed by atoms with E-state index in [9.17, 15) is 0 Å². The summed E-state index contributed by atoms with van der Waals surface area (Å²) in [5.74, 6) is 0. The molecule has 1 heteroatoms. The first kappa shape index (κ1) is 7.07. The minimum atomic E-state index is 0.605. The molecule has 0 bridgehead atoms. The van der Waals surface area contributed by atoms with Crippen molar-refractivity contribution in [1.29, 1.82) is 0 Å². The third-order valence-corrected chi connectivity index (χ3v) is 2.38. The summed E-state index contributed by atoms with van der Waals surface area (Å²) in [5.41, 5.74) is 0.605. The van der Waals surface area contributed by atoms with E-state index in [2.05, 4.69) is 26.2 Å². The summed E-state index contributed by atoms with van der Waals surface area (Å²) in [4.78, 5) is 0. The lowest BCUT2D eigenvalue weighted by molar-refractivity contribution is 0.369. The van der Waals surface area contributed by atoms with Crippen LogP contribution in [-0.2, 0) is 0 Å². The van der Waals surface area contributed by atoms with Crippen LogP contribution in [0.4, 0.5) is 0 Å². The first-order valence-electron chi connectivity index (χ1n) is 3.81. The van der Waals surface area contributed by atoms with E-state index >= 15 is 0 Å². The third kappa shape index (κ3) is 1.68. The zero-order valence-electron chi connectivity index (χ0n) is 6.70.